The number of aromatic nitrogens is 2. The van der Waals surface area contributed by atoms with Crippen LogP contribution in [0.1, 0.15) is 53.8 Å². The quantitative estimate of drug-likeness (QED) is 0.856. The number of nitrogens with zero attached hydrogens (tertiary/aromatic N) is 2. The van der Waals surface area contributed by atoms with Crippen molar-refractivity contribution in [3.8, 4) is 5.75 Å². The van der Waals surface area contributed by atoms with Crippen LogP contribution in [0, 0.1) is 0 Å². The smallest absolute Gasteiger partial charge is 0.229 e. The van der Waals surface area contributed by atoms with Crippen LogP contribution in [0.3, 0.4) is 0 Å². The standard InChI is InChI=1S/C15H16N2O3/c1-9(2)15-16-14(17-20-15)8-19-11-4-5-12-10(7-11)3-6-13(12)18/h4-5,7,9H,3,6,8H2,1-2H3. The molecule has 0 aliphatic heterocycles. The van der Waals surface area contributed by atoms with E-state index in [2.05, 4.69) is 10.1 Å². The van der Waals surface area contributed by atoms with Crippen LogP contribution in [0.4, 0.5) is 0 Å². The first-order chi connectivity index (χ1) is 9.63. The summed E-state index contributed by atoms with van der Waals surface area (Å²) in [5, 5.41) is 3.87. The van der Waals surface area contributed by atoms with Gasteiger partial charge in [0.2, 0.25) is 11.7 Å². The number of Topliss-reactive ketones (excluding diaryl/α,β-unsaturated/α-hetero) is 1. The van der Waals surface area contributed by atoms with E-state index in [1.54, 1.807) is 0 Å². The summed E-state index contributed by atoms with van der Waals surface area (Å²) in [6, 6.07) is 5.56. The van der Waals surface area contributed by atoms with Crippen molar-refractivity contribution in [3.63, 3.8) is 0 Å². The molecule has 0 radical (unpaired) electrons. The first kappa shape index (κ1) is 12.8. The highest BCUT2D eigenvalue weighted by atomic mass is 16.5. The average Bonchev–Trinajstić information content (AvgIpc) is 3.04. The molecule has 0 saturated heterocycles. The van der Waals surface area contributed by atoms with Gasteiger partial charge in [-0.2, -0.15) is 4.98 Å². The highest BCUT2D eigenvalue weighted by Gasteiger charge is 2.19. The normalized spacial score (nSPS) is 13.8. The number of hydrogen-bond donors (Lipinski definition) is 0. The fourth-order valence-electron chi connectivity index (χ4n) is 2.23. The highest BCUT2D eigenvalue weighted by molar-refractivity contribution is 6.00. The molecular weight excluding hydrogens is 256 g/mol. The van der Waals surface area contributed by atoms with E-state index in [0.717, 1.165) is 23.3 Å². The van der Waals surface area contributed by atoms with Gasteiger partial charge >= 0.3 is 0 Å². The predicted octanol–water partition coefficient (Wildman–Crippen LogP) is 2.90. The Bertz CT molecular complexity index is 646. The van der Waals surface area contributed by atoms with E-state index in [-0.39, 0.29) is 18.3 Å². The van der Waals surface area contributed by atoms with Gasteiger partial charge in [-0.15, -0.1) is 0 Å². The third kappa shape index (κ3) is 2.43. The summed E-state index contributed by atoms with van der Waals surface area (Å²) >= 11 is 0. The summed E-state index contributed by atoms with van der Waals surface area (Å²) in [5.41, 5.74) is 1.88. The summed E-state index contributed by atoms with van der Waals surface area (Å²) in [6.45, 7) is 4.26. The van der Waals surface area contributed by atoms with Crippen LogP contribution in [-0.4, -0.2) is 15.9 Å². The molecule has 20 heavy (non-hydrogen) atoms. The molecule has 0 N–H and O–H groups in total. The second-order valence-corrected chi connectivity index (χ2v) is 5.23. The van der Waals surface area contributed by atoms with Gasteiger partial charge in [-0.25, -0.2) is 0 Å². The number of benzene rings is 1. The summed E-state index contributed by atoms with van der Waals surface area (Å²) in [5.74, 6) is 2.30. The predicted molar refractivity (Wildman–Crippen MR) is 71.8 cm³/mol. The molecule has 2 aromatic rings. The zero-order chi connectivity index (χ0) is 14.1. The fourth-order valence-corrected chi connectivity index (χ4v) is 2.23. The lowest BCUT2D eigenvalue weighted by atomic mass is 10.1. The molecule has 0 unspecified atom stereocenters. The molecular formula is C15H16N2O3. The maximum absolute atomic E-state index is 11.5. The Morgan fingerprint density at radius 1 is 1.35 bits per heavy atom. The number of rotatable bonds is 4. The number of carbonyl (C=O) groups excluding carboxylic acids is 1. The number of hydrogen-bond acceptors (Lipinski definition) is 5. The van der Waals surface area contributed by atoms with Crippen LogP contribution in [-0.2, 0) is 13.0 Å². The molecule has 0 atom stereocenters. The van der Waals surface area contributed by atoms with Crippen LogP contribution >= 0.6 is 0 Å². The van der Waals surface area contributed by atoms with Crippen molar-refractivity contribution in [1.29, 1.82) is 0 Å². The average molecular weight is 272 g/mol. The van der Waals surface area contributed by atoms with Crippen LogP contribution in [0.25, 0.3) is 0 Å². The molecule has 1 aliphatic carbocycles. The van der Waals surface area contributed by atoms with Crippen LogP contribution in [0.2, 0.25) is 0 Å². The molecule has 1 aromatic heterocycles. The van der Waals surface area contributed by atoms with Crippen LogP contribution in [0.15, 0.2) is 22.7 Å². The number of ketones is 1. The van der Waals surface area contributed by atoms with Gasteiger partial charge in [0, 0.05) is 17.9 Å². The molecule has 0 bridgehead atoms. The minimum Gasteiger partial charge on any atom is -0.485 e. The maximum atomic E-state index is 11.5. The number of fused-ring (bicyclic) bond motifs is 1. The molecule has 0 amide bonds. The van der Waals surface area contributed by atoms with E-state index in [1.807, 2.05) is 32.0 Å². The zero-order valence-electron chi connectivity index (χ0n) is 11.5. The fraction of sp³-hybridized carbons (Fsp3) is 0.400. The van der Waals surface area contributed by atoms with Gasteiger partial charge < -0.3 is 9.26 Å². The van der Waals surface area contributed by atoms with Gasteiger partial charge in [0.05, 0.1) is 0 Å². The zero-order valence-corrected chi connectivity index (χ0v) is 11.5. The molecule has 0 fully saturated rings. The Hall–Kier alpha value is -2.17. The Morgan fingerprint density at radius 2 is 2.20 bits per heavy atom. The largest absolute Gasteiger partial charge is 0.485 e. The number of carbonyl (C=O) groups is 1. The van der Waals surface area contributed by atoms with Crippen molar-refractivity contribution in [1.82, 2.24) is 10.1 Å². The summed E-state index contributed by atoms with van der Waals surface area (Å²) < 4.78 is 10.8. The second-order valence-electron chi connectivity index (χ2n) is 5.23. The van der Waals surface area contributed by atoms with Gasteiger partial charge in [0.1, 0.15) is 5.75 Å². The van der Waals surface area contributed by atoms with Crippen molar-refractivity contribution in [2.75, 3.05) is 0 Å². The van der Waals surface area contributed by atoms with Crippen molar-refractivity contribution in [2.24, 2.45) is 0 Å². The maximum Gasteiger partial charge on any atom is 0.229 e. The van der Waals surface area contributed by atoms with E-state index in [9.17, 15) is 4.79 Å². The summed E-state index contributed by atoms with van der Waals surface area (Å²) in [7, 11) is 0. The van der Waals surface area contributed by atoms with Gasteiger partial charge in [-0.3, -0.25) is 4.79 Å². The van der Waals surface area contributed by atoms with E-state index < -0.39 is 0 Å². The lowest BCUT2D eigenvalue weighted by molar-refractivity contribution is 0.0994. The topological polar surface area (TPSA) is 65.2 Å². The van der Waals surface area contributed by atoms with E-state index in [1.165, 1.54) is 0 Å². The Balaban J connectivity index is 1.68. The Labute approximate surface area is 116 Å². The van der Waals surface area contributed by atoms with Gasteiger partial charge in [-0.1, -0.05) is 19.0 Å². The summed E-state index contributed by atoms with van der Waals surface area (Å²) in [4.78, 5) is 15.8. The minimum absolute atomic E-state index is 0.210. The first-order valence-electron chi connectivity index (χ1n) is 6.75. The third-order valence-corrected chi connectivity index (χ3v) is 3.34. The van der Waals surface area contributed by atoms with Crippen LogP contribution in [0.5, 0.6) is 5.75 Å². The Kier molecular flexibility index (Phi) is 3.26. The van der Waals surface area contributed by atoms with Gasteiger partial charge in [-0.05, 0) is 30.2 Å². The SMILES string of the molecule is CC(C)c1nc(COc2ccc3c(c2)CCC3=O)no1. The van der Waals surface area contributed by atoms with Crippen molar-refractivity contribution in [3.05, 3.63) is 41.0 Å². The number of aryl methyl sites for hydroxylation is 1. The monoisotopic (exact) mass is 272 g/mol. The molecule has 1 aliphatic rings. The highest BCUT2D eigenvalue weighted by Crippen LogP contribution is 2.26. The summed E-state index contributed by atoms with van der Waals surface area (Å²) in [6.07, 6.45) is 1.40. The molecule has 3 rings (SSSR count). The van der Waals surface area contributed by atoms with E-state index in [4.69, 9.17) is 9.26 Å². The molecule has 1 heterocycles. The van der Waals surface area contributed by atoms with Crippen molar-refractivity contribution in [2.45, 2.75) is 39.2 Å². The molecule has 0 spiro atoms. The van der Waals surface area contributed by atoms with Crippen LogP contribution < -0.4 is 4.74 Å². The van der Waals surface area contributed by atoms with Gasteiger partial charge in [0.25, 0.3) is 0 Å². The van der Waals surface area contributed by atoms with E-state index in [0.29, 0.717) is 18.1 Å². The third-order valence-electron chi connectivity index (χ3n) is 3.34. The lowest BCUT2D eigenvalue weighted by Gasteiger charge is -2.05. The van der Waals surface area contributed by atoms with Crippen molar-refractivity contribution >= 4 is 5.78 Å². The molecule has 0 saturated carbocycles. The van der Waals surface area contributed by atoms with E-state index >= 15 is 0 Å². The molecule has 5 nitrogen and oxygen atoms in total. The number of ether oxygens (including phenoxy) is 1. The second kappa shape index (κ2) is 5.07. The Morgan fingerprint density at radius 3 is 2.95 bits per heavy atom. The molecule has 1 aromatic carbocycles. The van der Waals surface area contributed by atoms with Crippen molar-refractivity contribution < 1.29 is 14.1 Å². The first-order valence-corrected chi connectivity index (χ1v) is 6.75. The lowest BCUT2D eigenvalue weighted by Crippen LogP contribution is -1.99. The molecule has 104 valence electrons. The minimum atomic E-state index is 0.210. The molecule has 5 heteroatoms. The van der Waals surface area contributed by atoms with Gasteiger partial charge in [0.15, 0.2) is 12.4 Å².